The Labute approximate surface area is 117 Å². The van der Waals surface area contributed by atoms with Gasteiger partial charge < -0.3 is 15.2 Å². The summed E-state index contributed by atoms with van der Waals surface area (Å²) in [4.78, 5) is 11.6. The van der Waals surface area contributed by atoms with Gasteiger partial charge in [-0.05, 0) is 26.0 Å². The SMILES string of the molecule is CCOC(=O)c1cnn(-c2cccc(OCC)c2N)c1. The zero-order valence-electron chi connectivity index (χ0n) is 11.5. The molecule has 6 nitrogen and oxygen atoms in total. The summed E-state index contributed by atoms with van der Waals surface area (Å²) in [6.07, 6.45) is 3.03. The molecule has 20 heavy (non-hydrogen) atoms. The highest BCUT2D eigenvalue weighted by molar-refractivity contribution is 5.89. The molecule has 0 amide bonds. The van der Waals surface area contributed by atoms with E-state index in [1.165, 1.54) is 10.9 Å². The molecular formula is C14H17N3O3. The summed E-state index contributed by atoms with van der Waals surface area (Å²) in [5.41, 5.74) is 7.56. The van der Waals surface area contributed by atoms with Crippen molar-refractivity contribution in [2.24, 2.45) is 0 Å². The summed E-state index contributed by atoms with van der Waals surface area (Å²) in [5, 5.41) is 4.13. The maximum atomic E-state index is 11.6. The van der Waals surface area contributed by atoms with Gasteiger partial charge in [-0.3, -0.25) is 0 Å². The standard InChI is InChI=1S/C14H17N3O3/c1-3-19-12-7-5-6-11(13(12)15)17-9-10(8-16-17)14(18)20-4-2/h5-9H,3-4,15H2,1-2H3. The lowest BCUT2D eigenvalue weighted by Gasteiger charge is -2.10. The number of carbonyl (C=O) groups excluding carboxylic acids is 1. The molecule has 0 aliphatic heterocycles. The van der Waals surface area contributed by atoms with Crippen molar-refractivity contribution in [2.45, 2.75) is 13.8 Å². The van der Waals surface area contributed by atoms with Gasteiger partial charge in [0.05, 0.1) is 30.7 Å². The number of hydrogen-bond acceptors (Lipinski definition) is 5. The molecule has 0 atom stereocenters. The molecule has 0 saturated carbocycles. The fraction of sp³-hybridized carbons (Fsp3) is 0.286. The lowest BCUT2D eigenvalue weighted by molar-refractivity contribution is 0.0526. The molecule has 1 aromatic heterocycles. The van der Waals surface area contributed by atoms with Gasteiger partial charge >= 0.3 is 5.97 Å². The third kappa shape index (κ3) is 2.74. The van der Waals surface area contributed by atoms with Crippen LogP contribution >= 0.6 is 0 Å². The number of benzene rings is 1. The molecule has 0 aliphatic rings. The number of rotatable bonds is 5. The maximum absolute atomic E-state index is 11.6. The van der Waals surface area contributed by atoms with Gasteiger partial charge in [0.1, 0.15) is 11.4 Å². The van der Waals surface area contributed by atoms with Gasteiger partial charge in [-0.15, -0.1) is 0 Å². The molecule has 2 aromatic rings. The Kier molecular flexibility index (Phi) is 4.24. The van der Waals surface area contributed by atoms with Crippen molar-refractivity contribution in [1.29, 1.82) is 0 Å². The van der Waals surface area contributed by atoms with Crippen molar-refractivity contribution in [3.05, 3.63) is 36.2 Å². The third-order valence-electron chi connectivity index (χ3n) is 2.68. The third-order valence-corrected chi connectivity index (χ3v) is 2.68. The van der Waals surface area contributed by atoms with Gasteiger partial charge in [-0.1, -0.05) is 6.07 Å². The Bertz CT molecular complexity index is 607. The Balaban J connectivity index is 2.33. The van der Waals surface area contributed by atoms with E-state index in [0.29, 0.717) is 35.9 Å². The predicted molar refractivity (Wildman–Crippen MR) is 75.1 cm³/mol. The molecule has 0 aliphatic carbocycles. The highest BCUT2D eigenvalue weighted by atomic mass is 16.5. The summed E-state index contributed by atoms with van der Waals surface area (Å²) in [5.74, 6) is 0.191. The highest BCUT2D eigenvalue weighted by Crippen LogP contribution is 2.27. The van der Waals surface area contributed by atoms with Crippen LogP contribution in [0.3, 0.4) is 0 Å². The number of aromatic nitrogens is 2. The van der Waals surface area contributed by atoms with E-state index in [4.69, 9.17) is 15.2 Å². The first-order chi connectivity index (χ1) is 9.67. The number of nitrogen functional groups attached to an aromatic ring is 1. The molecule has 6 heteroatoms. The summed E-state index contributed by atoms with van der Waals surface area (Å²) in [7, 11) is 0. The van der Waals surface area contributed by atoms with E-state index in [0.717, 1.165) is 0 Å². The van der Waals surface area contributed by atoms with Gasteiger partial charge in [-0.2, -0.15) is 5.10 Å². The van der Waals surface area contributed by atoms with Crippen LogP contribution in [0.25, 0.3) is 5.69 Å². The number of esters is 1. The van der Waals surface area contributed by atoms with E-state index in [9.17, 15) is 4.79 Å². The average molecular weight is 275 g/mol. The second-order valence-corrected chi connectivity index (χ2v) is 4.02. The number of carbonyl (C=O) groups is 1. The monoisotopic (exact) mass is 275 g/mol. The molecule has 2 N–H and O–H groups in total. The van der Waals surface area contributed by atoms with Gasteiger partial charge in [0.2, 0.25) is 0 Å². The zero-order chi connectivity index (χ0) is 14.5. The number of hydrogen-bond donors (Lipinski definition) is 1. The molecular weight excluding hydrogens is 258 g/mol. The number of para-hydroxylation sites is 1. The smallest absolute Gasteiger partial charge is 0.341 e. The molecule has 0 bridgehead atoms. The van der Waals surface area contributed by atoms with Crippen molar-refractivity contribution in [1.82, 2.24) is 9.78 Å². The molecule has 1 aromatic carbocycles. The van der Waals surface area contributed by atoms with Crippen molar-refractivity contribution in [3.8, 4) is 11.4 Å². The Morgan fingerprint density at radius 3 is 2.85 bits per heavy atom. The van der Waals surface area contributed by atoms with Crippen molar-refractivity contribution >= 4 is 11.7 Å². The Hall–Kier alpha value is -2.50. The van der Waals surface area contributed by atoms with E-state index in [2.05, 4.69) is 5.10 Å². The van der Waals surface area contributed by atoms with Crippen molar-refractivity contribution in [3.63, 3.8) is 0 Å². The van der Waals surface area contributed by atoms with Crippen molar-refractivity contribution in [2.75, 3.05) is 18.9 Å². The summed E-state index contributed by atoms with van der Waals surface area (Å²) in [6, 6.07) is 5.42. The van der Waals surface area contributed by atoms with E-state index < -0.39 is 5.97 Å². The van der Waals surface area contributed by atoms with E-state index in [-0.39, 0.29) is 0 Å². The van der Waals surface area contributed by atoms with Crippen LogP contribution in [0.15, 0.2) is 30.6 Å². The van der Waals surface area contributed by atoms with Gasteiger partial charge in [-0.25, -0.2) is 9.48 Å². The fourth-order valence-corrected chi connectivity index (χ4v) is 1.79. The first-order valence-electron chi connectivity index (χ1n) is 6.40. The lowest BCUT2D eigenvalue weighted by atomic mass is 10.2. The van der Waals surface area contributed by atoms with Crippen LogP contribution in [0.2, 0.25) is 0 Å². The minimum atomic E-state index is -0.404. The predicted octanol–water partition coefficient (Wildman–Crippen LogP) is 2.03. The second kappa shape index (κ2) is 6.10. The summed E-state index contributed by atoms with van der Waals surface area (Å²) >= 11 is 0. The van der Waals surface area contributed by atoms with Crippen LogP contribution in [0.5, 0.6) is 5.75 Å². The molecule has 0 fully saturated rings. The summed E-state index contributed by atoms with van der Waals surface area (Å²) < 4.78 is 11.9. The second-order valence-electron chi connectivity index (χ2n) is 4.02. The lowest BCUT2D eigenvalue weighted by Crippen LogP contribution is -2.05. The first kappa shape index (κ1) is 13.9. The largest absolute Gasteiger partial charge is 0.492 e. The van der Waals surface area contributed by atoms with Crippen LogP contribution in [-0.4, -0.2) is 29.0 Å². The Morgan fingerprint density at radius 1 is 1.35 bits per heavy atom. The minimum absolute atomic E-state index is 0.325. The molecule has 1 heterocycles. The normalized spacial score (nSPS) is 10.3. The fourth-order valence-electron chi connectivity index (χ4n) is 1.79. The molecule has 0 radical (unpaired) electrons. The Morgan fingerprint density at radius 2 is 2.15 bits per heavy atom. The molecule has 0 unspecified atom stereocenters. The van der Waals surface area contributed by atoms with Crippen LogP contribution < -0.4 is 10.5 Å². The number of ether oxygens (including phenoxy) is 2. The number of nitrogens with zero attached hydrogens (tertiary/aromatic N) is 2. The average Bonchev–Trinajstić information content (AvgIpc) is 2.91. The van der Waals surface area contributed by atoms with Crippen LogP contribution in [-0.2, 0) is 4.74 Å². The molecule has 2 rings (SSSR count). The van der Waals surface area contributed by atoms with Gasteiger partial charge in [0, 0.05) is 6.20 Å². The quantitative estimate of drug-likeness (QED) is 0.667. The van der Waals surface area contributed by atoms with Gasteiger partial charge in [0.15, 0.2) is 0 Å². The number of nitrogens with two attached hydrogens (primary N) is 1. The number of anilines is 1. The van der Waals surface area contributed by atoms with E-state index in [1.807, 2.05) is 13.0 Å². The van der Waals surface area contributed by atoms with Crippen LogP contribution in [0, 0.1) is 0 Å². The molecule has 0 saturated heterocycles. The summed E-state index contributed by atoms with van der Waals surface area (Å²) in [6.45, 7) is 4.50. The van der Waals surface area contributed by atoms with Crippen LogP contribution in [0.4, 0.5) is 5.69 Å². The zero-order valence-corrected chi connectivity index (χ0v) is 11.5. The van der Waals surface area contributed by atoms with Crippen molar-refractivity contribution < 1.29 is 14.3 Å². The minimum Gasteiger partial charge on any atom is -0.492 e. The van der Waals surface area contributed by atoms with E-state index >= 15 is 0 Å². The highest BCUT2D eigenvalue weighted by Gasteiger charge is 2.13. The van der Waals surface area contributed by atoms with Crippen LogP contribution in [0.1, 0.15) is 24.2 Å². The maximum Gasteiger partial charge on any atom is 0.341 e. The van der Waals surface area contributed by atoms with E-state index in [1.54, 1.807) is 25.3 Å². The topological polar surface area (TPSA) is 79.4 Å². The molecule has 0 spiro atoms. The molecule has 106 valence electrons. The first-order valence-corrected chi connectivity index (χ1v) is 6.40. The van der Waals surface area contributed by atoms with Gasteiger partial charge in [0.25, 0.3) is 0 Å².